The van der Waals surface area contributed by atoms with Gasteiger partial charge in [0.25, 0.3) is 0 Å². The van der Waals surface area contributed by atoms with Gasteiger partial charge in [-0.15, -0.1) is 0 Å². The lowest BCUT2D eigenvalue weighted by Gasteiger charge is -2.09. The van der Waals surface area contributed by atoms with E-state index in [1.165, 1.54) is 0 Å². The van der Waals surface area contributed by atoms with Crippen molar-refractivity contribution < 1.29 is 22.7 Å². The van der Waals surface area contributed by atoms with E-state index in [0.717, 1.165) is 4.47 Å². The van der Waals surface area contributed by atoms with Crippen LogP contribution >= 0.6 is 15.9 Å². The Bertz CT molecular complexity index is 347. The zero-order valence-electron chi connectivity index (χ0n) is 8.76. The number of hydrogen-bond donors (Lipinski definition) is 1. The highest BCUT2D eigenvalue weighted by Gasteiger charge is 2.27. The Balaban J connectivity index is 2.09. The number of nitrogens with one attached hydrogen (secondary N) is 1. The van der Waals surface area contributed by atoms with Crippen molar-refractivity contribution in [3.8, 4) is 5.75 Å². The molecule has 0 aliphatic carbocycles. The molecular formula is C10H11BrF3NO2. The first-order valence-electron chi connectivity index (χ1n) is 4.77. The zero-order chi connectivity index (χ0) is 12.7. The van der Waals surface area contributed by atoms with E-state index in [4.69, 9.17) is 4.74 Å². The fraction of sp³-hybridized carbons (Fsp3) is 0.400. The summed E-state index contributed by atoms with van der Waals surface area (Å²) in [5.41, 5.74) is 2.17. The van der Waals surface area contributed by atoms with Gasteiger partial charge in [0.1, 0.15) is 12.4 Å². The van der Waals surface area contributed by atoms with Crippen molar-refractivity contribution in [2.24, 2.45) is 0 Å². The summed E-state index contributed by atoms with van der Waals surface area (Å²) >= 11 is 3.27. The van der Waals surface area contributed by atoms with Gasteiger partial charge in [0.05, 0.1) is 6.54 Å². The maximum atomic E-state index is 11.7. The van der Waals surface area contributed by atoms with E-state index in [1.54, 1.807) is 18.2 Å². The van der Waals surface area contributed by atoms with Gasteiger partial charge < -0.3 is 4.74 Å². The first-order chi connectivity index (χ1) is 7.97. The fourth-order valence-corrected chi connectivity index (χ4v) is 1.35. The summed E-state index contributed by atoms with van der Waals surface area (Å²) in [7, 11) is 0. The van der Waals surface area contributed by atoms with E-state index < -0.39 is 12.8 Å². The summed E-state index contributed by atoms with van der Waals surface area (Å²) in [5, 5.41) is 0. The van der Waals surface area contributed by atoms with Gasteiger partial charge >= 0.3 is 6.18 Å². The Labute approximate surface area is 105 Å². The third-order valence-corrected chi connectivity index (χ3v) is 2.10. The first kappa shape index (κ1) is 14.3. The van der Waals surface area contributed by atoms with E-state index >= 15 is 0 Å². The highest BCUT2D eigenvalue weighted by Crippen LogP contribution is 2.17. The van der Waals surface area contributed by atoms with Crippen molar-refractivity contribution in [2.75, 3.05) is 19.8 Å². The molecule has 3 nitrogen and oxygen atoms in total. The van der Waals surface area contributed by atoms with Gasteiger partial charge in [-0.25, -0.2) is 0 Å². The molecule has 1 rings (SSSR count). The summed E-state index contributed by atoms with van der Waals surface area (Å²) in [6, 6.07) is 7.16. The molecule has 0 aliphatic rings. The van der Waals surface area contributed by atoms with E-state index in [2.05, 4.69) is 26.2 Å². The maximum absolute atomic E-state index is 11.7. The van der Waals surface area contributed by atoms with E-state index in [0.29, 0.717) is 5.75 Å². The van der Waals surface area contributed by atoms with Crippen LogP contribution in [0.4, 0.5) is 13.2 Å². The molecule has 0 heterocycles. The lowest BCUT2D eigenvalue weighted by Crippen LogP contribution is -2.27. The molecule has 1 N–H and O–H groups in total. The summed E-state index contributed by atoms with van der Waals surface area (Å²) in [6.45, 7) is -0.930. The van der Waals surface area contributed by atoms with Crippen molar-refractivity contribution in [3.63, 3.8) is 0 Å². The lowest BCUT2D eigenvalue weighted by atomic mass is 10.3. The van der Waals surface area contributed by atoms with E-state index in [1.807, 2.05) is 6.07 Å². The normalized spacial score (nSPS) is 11.5. The van der Waals surface area contributed by atoms with Gasteiger partial charge in [-0.2, -0.15) is 18.7 Å². The van der Waals surface area contributed by atoms with Crippen LogP contribution in [0.2, 0.25) is 0 Å². The van der Waals surface area contributed by atoms with Gasteiger partial charge in [0, 0.05) is 4.47 Å². The van der Waals surface area contributed by atoms with Gasteiger partial charge in [-0.1, -0.05) is 22.0 Å². The Kier molecular flexibility index (Phi) is 5.73. The molecule has 1 aromatic carbocycles. The van der Waals surface area contributed by atoms with Gasteiger partial charge in [0.2, 0.25) is 0 Å². The smallest absolute Gasteiger partial charge is 0.413 e. The minimum Gasteiger partial charge on any atom is -0.492 e. The van der Waals surface area contributed by atoms with Crippen LogP contribution < -0.4 is 10.2 Å². The van der Waals surface area contributed by atoms with Crippen LogP contribution in [0.1, 0.15) is 0 Å². The van der Waals surface area contributed by atoms with Crippen molar-refractivity contribution in [2.45, 2.75) is 6.18 Å². The summed E-state index contributed by atoms with van der Waals surface area (Å²) < 4.78 is 41.2. The molecule has 0 fully saturated rings. The molecule has 0 saturated carbocycles. The molecule has 96 valence electrons. The third-order valence-electron chi connectivity index (χ3n) is 1.61. The minimum atomic E-state index is -4.32. The third kappa shape index (κ3) is 7.19. The summed E-state index contributed by atoms with van der Waals surface area (Å²) in [5.74, 6) is 0.636. The number of benzene rings is 1. The molecule has 0 bridgehead atoms. The van der Waals surface area contributed by atoms with Crippen molar-refractivity contribution in [1.82, 2.24) is 5.48 Å². The number of hydroxylamine groups is 1. The average Bonchev–Trinajstić information content (AvgIpc) is 2.22. The molecule has 0 radical (unpaired) electrons. The number of rotatable bonds is 6. The molecule has 0 saturated heterocycles. The predicted molar refractivity (Wildman–Crippen MR) is 59.6 cm³/mol. The topological polar surface area (TPSA) is 30.5 Å². The van der Waals surface area contributed by atoms with E-state index in [-0.39, 0.29) is 13.2 Å². The second-order valence-corrected chi connectivity index (χ2v) is 4.02. The molecule has 17 heavy (non-hydrogen) atoms. The zero-order valence-corrected chi connectivity index (χ0v) is 10.3. The van der Waals surface area contributed by atoms with Crippen LogP contribution in [0.5, 0.6) is 5.75 Å². The molecule has 0 atom stereocenters. The Hall–Kier alpha value is -0.790. The van der Waals surface area contributed by atoms with Gasteiger partial charge in [-0.3, -0.25) is 4.84 Å². The van der Waals surface area contributed by atoms with Crippen molar-refractivity contribution in [3.05, 3.63) is 28.7 Å². The minimum absolute atomic E-state index is 0.169. The van der Waals surface area contributed by atoms with Crippen molar-refractivity contribution in [1.29, 1.82) is 0 Å². The van der Waals surface area contributed by atoms with Gasteiger partial charge in [0.15, 0.2) is 6.61 Å². The van der Waals surface area contributed by atoms with Crippen LogP contribution in [0.15, 0.2) is 28.7 Å². The van der Waals surface area contributed by atoms with Crippen LogP contribution in [-0.2, 0) is 4.84 Å². The Morgan fingerprint density at radius 2 is 2.06 bits per heavy atom. The first-order valence-corrected chi connectivity index (χ1v) is 5.56. The number of hydrogen-bond acceptors (Lipinski definition) is 3. The Morgan fingerprint density at radius 3 is 2.71 bits per heavy atom. The molecule has 7 heteroatoms. The van der Waals surface area contributed by atoms with E-state index in [9.17, 15) is 13.2 Å². The lowest BCUT2D eigenvalue weighted by molar-refractivity contribution is -0.189. The van der Waals surface area contributed by atoms with Crippen LogP contribution in [-0.4, -0.2) is 25.9 Å². The average molecular weight is 314 g/mol. The maximum Gasteiger partial charge on any atom is 0.413 e. The Morgan fingerprint density at radius 1 is 1.29 bits per heavy atom. The van der Waals surface area contributed by atoms with Crippen LogP contribution in [0.25, 0.3) is 0 Å². The second kappa shape index (κ2) is 6.83. The predicted octanol–water partition coefficient (Wildman–Crippen LogP) is 2.91. The van der Waals surface area contributed by atoms with Gasteiger partial charge in [-0.05, 0) is 18.2 Å². The number of halogens is 4. The number of alkyl halides is 3. The molecule has 0 aliphatic heterocycles. The molecular weight excluding hydrogens is 303 g/mol. The van der Waals surface area contributed by atoms with Crippen LogP contribution in [0.3, 0.4) is 0 Å². The van der Waals surface area contributed by atoms with Crippen LogP contribution in [0, 0.1) is 0 Å². The quantitative estimate of drug-likeness (QED) is 0.647. The standard InChI is InChI=1S/C10H11BrF3NO2/c11-8-2-1-3-9(6-8)16-5-4-15-17-7-10(12,13)14/h1-3,6,15H,4-5,7H2. The fourth-order valence-electron chi connectivity index (χ4n) is 0.972. The number of ether oxygens (including phenoxy) is 1. The summed E-state index contributed by atoms with van der Waals surface area (Å²) in [6.07, 6.45) is -4.32. The molecule has 0 spiro atoms. The summed E-state index contributed by atoms with van der Waals surface area (Å²) in [4.78, 5) is 4.20. The SMILES string of the molecule is FC(F)(F)CONCCOc1cccc(Br)c1. The largest absolute Gasteiger partial charge is 0.492 e. The molecule has 0 aromatic heterocycles. The highest BCUT2D eigenvalue weighted by atomic mass is 79.9. The molecule has 1 aromatic rings. The molecule has 0 amide bonds. The highest BCUT2D eigenvalue weighted by molar-refractivity contribution is 9.10. The monoisotopic (exact) mass is 313 g/mol. The van der Waals surface area contributed by atoms with Crippen molar-refractivity contribution >= 4 is 15.9 Å². The second-order valence-electron chi connectivity index (χ2n) is 3.10. The molecule has 0 unspecified atom stereocenters.